The smallest absolute Gasteiger partial charge is 0.178 e. The van der Waals surface area contributed by atoms with Gasteiger partial charge >= 0.3 is 0 Å². The van der Waals surface area contributed by atoms with Gasteiger partial charge in [-0.3, -0.25) is 9.59 Å². The zero-order valence-electron chi connectivity index (χ0n) is 19.7. The third-order valence-corrected chi connectivity index (χ3v) is 7.16. The molecule has 1 aliphatic carbocycles. The van der Waals surface area contributed by atoms with Crippen molar-refractivity contribution < 1.29 is 19.1 Å². The SMILES string of the molecule is Cc1cn(CC2CCCO2)c2cc(C3C(=O)c4ccc(OCc5ccccc5)cc4C3=O)ccc12. The molecule has 5 heteroatoms. The van der Waals surface area contributed by atoms with Gasteiger partial charge in [-0.2, -0.15) is 0 Å². The number of rotatable bonds is 6. The van der Waals surface area contributed by atoms with Crippen LogP contribution in [0.3, 0.4) is 0 Å². The van der Waals surface area contributed by atoms with Crippen LogP contribution < -0.4 is 4.74 Å². The van der Waals surface area contributed by atoms with E-state index in [-0.39, 0.29) is 17.7 Å². The van der Waals surface area contributed by atoms with Gasteiger partial charge in [-0.05, 0) is 60.7 Å². The lowest BCUT2D eigenvalue weighted by atomic mass is 9.93. The quantitative estimate of drug-likeness (QED) is 0.334. The van der Waals surface area contributed by atoms with Gasteiger partial charge in [0.15, 0.2) is 11.6 Å². The zero-order chi connectivity index (χ0) is 23.9. The van der Waals surface area contributed by atoms with Gasteiger partial charge in [0.25, 0.3) is 0 Å². The van der Waals surface area contributed by atoms with Crippen molar-refractivity contribution >= 4 is 22.5 Å². The predicted molar refractivity (Wildman–Crippen MR) is 134 cm³/mol. The van der Waals surface area contributed by atoms with E-state index >= 15 is 0 Å². The van der Waals surface area contributed by atoms with Crippen molar-refractivity contribution in [2.75, 3.05) is 6.61 Å². The van der Waals surface area contributed by atoms with Crippen LogP contribution in [0.5, 0.6) is 5.75 Å². The van der Waals surface area contributed by atoms with Gasteiger partial charge in [-0.25, -0.2) is 0 Å². The molecular formula is C30H27NO4. The number of aryl methyl sites for hydroxylation is 1. The van der Waals surface area contributed by atoms with Crippen LogP contribution in [0, 0.1) is 6.92 Å². The number of benzene rings is 3. The first-order chi connectivity index (χ1) is 17.1. The van der Waals surface area contributed by atoms with Gasteiger partial charge in [0.05, 0.1) is 6.10 Å². The number of ether oxygens (including phenoxy) is 2. The number of fused-ring (bicyclic) bond motifs is 2. The third-order valence-electron chi connectivity index (χ3n) is 7.16. The number of ketones is 2. The molecule has 35 heavy (non-hydrogen) atoms. The fourth-order valence-corrected chi connectivity index (χ4v) is 5.34. The summed E-state index contributed by atoms with van der Waals surface area (Å²) >= 11 is 0. The van der Waals surface area contributed by atoms with Crippen LogP contribution in [-0.4, -0.2) is 28.8 Å². The van der Waals surface area contributed by atoms with Gasteiger partial charge < -0.3 is 14.0 Å². The summed E-state index contributed by atoms with van der Waals surface area (Å²) in [6.07, 6.45) is 4.50. The molecule has 0 radical (unpaired) electrons. The molecule has 2 aliphatic rings. The molecule has 176 valence electrons. The van der Waals surface area contributed by atoms with Crippen LogP contribution in [0.2, 0.25) is 0 Å². The Hall–Kier alpha value is -3.70. The molecule has 3 aromatic carbocycles. The number of Topliss-reactive ketones (excluding diaryl/α,β-unsaturated/α-hetero) is 2. The van der Waals surface area contributed by atoms with E-state index in [0.717, 1.165) is 48.0 Å². The van der Waals surface area contributed by atoms with E-state index in [1.54, 1.807) is 18.2 Å². The topological polar surface area (TPSA) is 57.5 Å². The summed E-state index contributed by atoms with van der Waals surface area (Å²) in [6.45, 7) is 4.09. The van der Waals surface area contributed by atoms with Crippen LogP contribution in [-0.2, 0) is 17.9 Å². The Morgan fingerprint density at radius 2 is 1.80 bits per heavy atom. The highest BCUT2D eigenvalue weighted by Gasteiger charge is 2.40. The second-order valence-corrected chi connectivity index (χ2v) is 9.52. The predicted octanol–water partition coefficient (Wildman–Crippen LogP) is 5.87. The van der Waals surface area contributed by atoms with Crippen molar-refractivity contribution in [3.63, 3.8) is 0 Å². The Morgan fingerprint density at radius 3 is 2.60 bits per heavy atom. The lowest BCUT2D eigenvalue weighted by Crippen LogP contribution is -2.15. The molecule has 0 N–H and O–H groups in total. The fourth-order valence-electron chi connectivity index (χ4n) is 5.34. The molecule has 1 aliphatic heterocycles. The van der Waals surface area contributed by atoms with Gasteiger partial charge in [-0.1, -0.05) is 42.5 Å². The van der Waals surface area contributed by atoms with Crippen molar-refractivity contribution in [1.82, 2.24) is 4.57 Å². The van der Waals surface area contributed by atoms with E-state index in [2.05, 4.69) is 17.7 Å². The molecular weight excluding hydrogens is 438 g/mol. The van der Waals surface area contributed by atoms with Gasteiger partial charge in [-0.15, -0.1) is 0 Å². The van der Waals surface area contributed by atoms with Gasteiger partial charge in [0.2, 0.25) is 0 Å². The number of aromatic nitrogens is 1. The van der Waals surface area contributed by atoms with E-state index in [1.165, 1.54) is 5.56 Å². The normalized spacial score (nSPS) is 19.5. The minimum atomic E-state index is -0.815. The van der Waals surface area contributed by atoms with Crippen LogP contribution >= 0.6 is 0 Å². The Balaban J connectivity index is 1.28. The maximum absolute atomic E-state index is 13.4. The van der Waals surface area contributed by atoms with Crippen LogP contribution in [0.15, 0.2) is 72.9 Å². The molecule has 2 atom stereocenters. The molecule has 4 aromatic rings. The van der Waals surface area contributed by atoms with Crippen LogP contribution in [0.4, 0.5) is 0 Å². The summed E-state index contributed by atoms with van der Waals surface area (Å²) in [6, 6.07) is 21.0. The van der Waals surface area contributed by atoms with E-state index in [0.29, 0.717) is 23.5 Å². The summed E-state index contributed by atoms with van der Waals surface area (Å²) in [5.41, 5.74) is 4.91. The van der Waals surface area contributed by atoms with Crippen molar-refractivity contribution in [1.29, 1.82) is 0 Å². The summed E-state index contributed by atoms with van der Waals surface area (Å²) in [5.74, 6) is -0.535. The molecule has 0 amide bonds. The first-order valence-corrected chi connectivity index (χ1v) is 12.2. The number of carbonyl (C=O) groups excluding carboxylic acids is 2. The summed E-state index contributed by atoms with van der Waals surface area (Å²) in [7, 11) is 0. The van der Waals surface area contributed by atoms with Crippen LogP contribution in [0.1, 0.15) is 56.2 Å². The second kappa shape index (κ2) is 8.82. The highest BCUT2D eigenvalue weighted by molar-refractivity contribution is 6.30. The molecule has 1 saturated heterocycles. The molecule has 6 rings (SSSR count). The number of hydrogen-bond donors (Lipinski definition) is 0. The average Bonchev–Trinajstić information content (AvgIpc) is 3.57. The van der Waals surface area contributed by atoms with E-state index in [1.807, 2.05) is 48.5 Å². The monoisotopic (exact) mass is 465 g/mol. The van der Waals surface area contributed by atoms with Crippen LogP contribution in [0.25, 0.3) is 10.9 Å². The Labute approximate surface area is 204 Å². The van der Waals surface area contributed by atoms with Crippen molar-refractivity contribution in [2.45, 2.75) is 44.9 Å². The number of nitrogens with zero attached hydrogens (tertiary/aromatic N) is 1. The van der Waals surface area contributed by atoms with E-state index in [9.17, 15) is 9.59 Å². The molecule has 0 spiro atoms. The molecule has 5 nitrogen and oxygen atoms in total. The molecule has 0 bridgehead atoms. The van der Waals surface area contributed by atoms with E-state index < -0.39 is 5.92 Å². The fraction of sp³-hybridized carbons (Fsp3) is 0.267. The molecule has 2 unspecified atom stereocenters. The number of carbonyl (C=O) groups is 2. The van der Waals surface area contributed by atoms with Crippen molar-refractivity contribution in [2.24, 2.45) is 0 Å². The standard InChI is InChI=1S/C30H27NO4/c1-19-16-31(17-23-8-5-13-34-23)27-14-21(9-11-24(19)27)28-29(32)25-12-10-22(15-26(25)30(28)33)35-18-20-6-3-2-4-7-20/h2-4,6-7,9-12,14-16,23,28H,5,8,13,17-18H2,1H3. The highest BCUT2D eigenvalue weighted by atomic mass is 16.5. The lowest BCUT2D eigenvalue weighted by Gasteiger charge is -2.13. The second-order valence-electron chi connectivity index (χ2n) is 9.52. The Kier molecular flexibility index (Phi) is 5.50. The molecule has 2 heterocycles. The summed E-state index contributed by atoms with van der Waals surface area (Å²) in [4.78, 5) is 26.8. The van der Waals surface area contributed by atoms with Gasteiger partial charge in [0.1, 0.15) is 18.3 Å². The maximum Gasteiger partial charge on any atom is 0.178 e. The van der Waals surface area contributed by atoms with Gasteiger partial charge in [0, 0.05) is 41.4 Å². The minimum Gasteiger partial charge on any atom is -0.489 e. The zero-order valence-corrected chi connectivity index (χ0v) is 19.7. The first kappa shape index (κ1) is 21.8. The van der Waals surface area contributed by atoms with Crippen molar-refractivity contribution in [3.8, 4) is 5.75 Å². The Bertz CT molecular complexity index is 1430. The van der Waals surface area contributed by atoms with Crippen molar-refractivity contribution in [3.05, 3.63) is 101 Å². The average molecular weight is 466 g/mol. The molecule has 1 fully saturated rings. The lowest BCUT2D eigenvalue weighted by molar-refractivity contribution is 0.0889. The summed E-state index contributed by atoms with van der Waals surface area (Å²) < 4.78 is 13.9. The van der Waals surface area contributed by atoms with E-state index in [4.69, 9.17) is 9.47 Å². The first-order valence-electron chi connectivity index (χ1n) is 12.2. The Morgan fingerprint density at radius 1 is 0.971 bits per heavy atom. The minimum absolute atomic E-state index is 0.145. The third kappa shape index (κ3) is 3.96. The largest absolute Gasteiger partial charge is 0.489 e. The highest BCUT2D eigenvalue weighted by Crippen LogP contribution is 2.37. The maximum atomic E-state index is 13.4. The molecule has 1 aromatic heterocycles. The molecule has 0 saturated carbocycles. The number of hydrogen-bond acceptors (Lipinski definition) is 4. The summed E-state index contributed by atoms with van der Waals surface area (Å²) in [5, 5.41) is 1.14.